The van der Waals surface area contributed by atoms with Gasteiger partial charge in [-0.15, -0.1) is 0 Å². The summed E-state index contributed by atoms with van der Waals surface area (Å²) in [6.07, 6.45) is 3.51. The predicted octanol–water partition coefficient (Wildman–Crippen LogP) is 3.91. The Balaban J connectivity index is 2.18. The zero-order chi connectivity index (χ0) is 14.2. The first kappa shape index (κ1) is 14.8. The van der Waals surface area contributed by atoms with Gasteiger partial charge in [-0.2, -0.15) is 0 Å². The van der Waals surface area contributed by atoms with E-state index >= 15 is 0 Å². The van der Waals surface area contributed by atoms with E-state index in [0.29, 0.717) is 0 Å². The molecule has 0 radical (unpaired) electrons. The van der Waals surface area contributed by atoms with E-state index in [2.05, 4.69) is 42.3 Å². The third kappa shape index (κ3) is 3.94. The molecule has 1 N–H and O–H groups in total. The summed E-state index contributed by atoms with van der Waals surface area (Å²) in [7, 11) is 0. The summed E-state index contributed by atoms with van der Waals surface area (Å²) in [6.45, 7) is 6.88. The van der Waals surface area contributed by atoms with Crippen molar-refractivity contribution in [1.82, 2.24) is 10.3 Å². The SMILES string of the molecule is CCCCCOc1cc(CNCC)c2ccccc2n1. The second-order valence-electron chi connectivity index (χ2n) is 4.97. The number of benzene rings is 1. The van der Waals surface area contributed by atoms with Crippen LogP contribution in [0.15, 0.2) is 30.3 Å². The Morgan fingerprint density at radius 2 is 2.00 bits per heavy atom. The zero-order valence-electron chi connectivity index (χ0n) is 12.5. The number of para-hydroxylation sites is 1. The van der Waals surface area contributed by atoms with E-state index in [4.69, 9.17) is 4.74 Å². The third-order valence-electron chi connectivity index (χ3n) is 3.34. The molecule has 3 nitrogen and oxygen atoms in total. The van der Waals surface area contributed by atoms with Gasteiger partial charge < -0.3 is 10.1 Å². The molecule has 0 aliphatic rings. The van der Waals surface area contributed by atoms with Gasteiger partial charge in [0.15, 0.2) is 0 Å². The molecule has 20 heavy (non-hydrogen) atoms. The molecule has 0 saturated carbocycles. The maximum Gasteiger partial charge on any atom is 0.214 e. The molecule has 0 amide bonds. The smallest absolute Gasteiger partial charge is 0.214 e. The van der Waals surface area contributed by atoms with Crippen molar-refractivity contribution in [3.63, 3.8) is 0 Å². The average Bonchev–Trinajstić information content (AvgIpc) is 2.49. The molecule has 0 aliphatic heterocycles. The van der Waals surface area contributed by atoms with Crippen LogP contribution in [0.2, 0.25) is 0 Å². The number of hydrogen-bond donors (Lipinski definition) is 1. The van der Waals surface area contributed by atoms with E-state index < -0.39 is 0 Å². The van der Waals surface area contributed by atoms with E-state index in [-0.39, 0.29) is 0 Å². The van der Waals surface area contributed by atoms with Gasteiger partial charge in [0, 0.05) is 18.0 Å². The monoisotopic (exact) mass is 272 g/mol. The van der Waals surface area contributed by atoms with Crippen molar-refractivity contribution < 1.29 is 4.74 Å². The fourth-order valence-electron chi connectivity index (χ4n) is 2.23. The summed E-state index contributed by atoms with van der Waals surface area (Å²) in [5.41, 5.74) is 2.26. The Labute approximate surface area is 121 Å². The van der Waals surface area contributed by atoms with Gasteiger partial charge in [0.2, 0.25) is 5.88 Å². The molecule has 0 fully saturated rings. The van der Waals surface area contributed by atoms with E-state index in [0.717, 1.165) is 37.5 Å². The lowest BCUT2D eigenvalue weighted by Crippen LogP contribution is -2.12. The standard InChI is InChI=1S/C17H24N2O/c1-3-5-8-11-20-17-12-14(13-18-4-2)15-9-6-7-10-16(15)19-17/h6-7,9-10,12,18H,3-5,8,11,13H2,1-2H3. The highest BCUT2D eigenvalue weighted by Crippen LogP contribution is 2.22. The minimum absolute atomic E-state index is 0.743. The number of nitrogens with one attached hydrogen (secondary N) is 1. The number of hydrogen-bond acceptors (Lipinski definition) is 3. The fourth-order valence-corrected chi connectivity index (χ4v) is 2.23. The highest BCUT2D eigenvalue weighted by Gasteiger charge is 2.06. The van der Waals surface area contributed by atoms with Gasteiger partial charge in [-0.1, -0.05) is 44.9 Å². The summed E-state index contributed by atoms with van der Waals surface area (Å²) in [6, 6.07) is 10.3. The van der Waals surface area contributed by atoms with Crippen LogP contribution < -0.4 is 10.1 Å². The second-order valence-corrected chi connectivity index (χ2v) is 4.97. The molecular formula is C17H24N2O. The van der Waals surface area contributed by atoms with Gasteiger partial charge >= 0.3 is 0 Å². The van der Waals surface area contributed by atoms with Crippen molar-refractivity contribution in [2.24, 2.45) is 0 Å². The summed E-state index contributed by atoms with van der Waals surface area (Å²) >= 11 is 0. The Kier molecular flexibility index (Phi) is 5.81. The summed E-state index contributed by atoms with van der Waals surface area (Å²) < 4.78 is 5.80. The fraction of sp³-hybridized carbons (Fsp3) is 0.471. The van der Waals surface area contributed by atoms with Gasteiger partial charge in [-0.3, -0.25) is 0 Å². The average molecular weight is 272 g/mol. The first-order valence-electron chi connectivity index (χ1n) is 7.57. The van der Waals surface area contributed by atoms with E-state index in [1.807, 2.05) is 12.1 Å². The largest absolute Gasteiger partial charge is 0.478 e. The molecule has 3 heteroatoms. The Bertz CT molecular complexity index is 540. The van der Waals surface area contributed by atoms with Crippen LogP contribution in [0.3, 0.4) is 0 Å². The molecule has 1 heterocycles. The molecule has 0 bridgehead atoms. The van der Waals surface area contributed by atoms with Crippen molar-refractivity contribution >= 4 is 10.9 Å². The molecule has 2 rings (SSSR count). The lowest BCUT2D eigenvalue weighted by molar-refractivity contribution is 0.295. The molecular weight excluding hydrogens is 248 g/mol. The quantitative estimate of drug-likeness (QED) is 0.740. The van der Waals surface area contributed by atoms with Gasteiger partial charge in [-0.25, -0.2) is 4.98 Å². The number of pyridine rings is 1. The molecule has 0 atom stereocenters. The van der Waals surface area contributed by atoms with E-state index in [1.165, 1.54) is 23.8 Å². The first-order valence-corrected chi connectivity index (χ1v) is 7.57. The van der Waals surface area contributed by atoms with Crippen LogP contribution in [-0.4, -0.2) is 18.1 Å². The number of rotatable bonds is 8. The van der Waals surface area contributed by atoms with Crippen LogP contribution in [-0.2, 0) is 6.54 Å². The number of unbranched alkanes of at least 4 members (excludes halogenated alkanes) is 2. The lowest BCUT2D eigenvalue weighted by atomic mass is 10.1. The number of ether oxygens (including phenoxy) is 1. The van der Waals surface area contributed by atoms with Crippen LogP contribution >= 0.6 is 0 Å². The predicted molar refractivity (Wildman–Crippen MR) is 84.1 cm³/mol. The molecule has 0 spiro atoms. The molecule has 0 saturated heterocycles. The highest BCUT2D eigenvalue weighted by atomic mass is 16.5. The maximum atomic E-state index is 5.80. The van der Waals surface area contributed by atoms with Crippen LogP contribution in [0.5, 0.6) is 5.88 Å². The Hall–Kier alpha value is -1.61. The lowest BCUT2D eigenvalue weighted by Gasteiger charge is -2.11. The zero-order valence-corrected chi connectivity index (χ0v) is 12.5. The molecule has 1 aromatic heterocycles. The summed E-state index contributed by atoms with van der Waals surface area (Å²) in [5.74, 6) is 0.743. The van der Waals surface area contributed by atoms with E-state index in [1.54, 1.807) is 0 Å². The second kappa shape index (κ2) is 7.85. The third-order valence-corrected chi connectivity index (χ3v) is 3.34. The molecule has 108 valence electrons. The van der Waals surface area contributed by atoms with Crippen LogP contribution in [0.25, 0.3) is 10.9 Å². The van der Waals surface area contributed by atoms with Crippen LogP contribution in [0.1, 0.15) is 38.7 Å². The van der Waals surface area contributed by atoms with Crippen LogP contribution in [0.4, 0.5) is 0 Å². The van der Waals surface area contributed by atoms with Gasteiger partial charge in [0.05, 0.1) is 12.1 Å². The molecule has 1 aromatic carbocycles. The van der Waals surface area contributed by atoms with Crippen molar-refractivity contribution in [3.8, 4) is 5.88 Å². The molecule has 0 aliphatic carbocycles. The van der Waals surface area contributed by atoms with Crippen molar-refractivity contribution in [2.75, 3.05) is 13.2 Å². The number of fused-ring (bicyclic) bond motifs is 1. The molecule has 0 unspecified atom stereocenters. The topological polar surface area (TPSA) is 34.1 Å². The number of nitrogens with zero attached hydrogens (tertiary/aromatic N) is 1. The van der Waals surface area contributed by atoms with Gasteiger partial charge in [0.25, 0.3) is 0 Å². The minimum Gasteiger partial charge on any atom is -0.478 e. The van der Waals surface area contributed by atoms with Crippen molar-refractivity contribution in [1.29, 1.82) is 0 Å². The Morgan fingerprint density at radius 3 is 2.80 bits per heavy atom. The minimum atomic E-state index is 0.743. The van der Waals surface area contributed by atoms with Crippen molar-refractivity contribution in [2.45, 2.75) is 39.7 Å². The normalized spacial score (nSPS) is 10.9. The maximum absolute atomic E-state index is 5.80. The van der Waals surface area contributed by atoms with E-state index in [9.17, 15) is 0 Å². The van der Waals surface area contributed by atoms with Gasteiger partial charge in [0.1, 0.15) is 0 Å². The summed E-state index contributed by atoms with van der Waals surface area (Å²) in [5, 5.41) is 4.58. The van der Waals surface area contributed by atoms with Crippen LogP contribution in [0, 0.1) is 0 Å². The molecule has 2 aromatic rings. The number of aromatic nitrogens is 1. The van der Waals surface area contributed by atoms with Crippen molar-refractivity contribution in [3.05, 3.63) is 35.9 Å². The Morgan fingerprint density at radius 1 is 1.15 bits per heavy atom. The summed E-state index contributed by atoms with van der Waals surface area (Å²) in [4.78, 5) is 4.59. The van der Waals surface area contributed by atoms with Gasteiger partial charge in [-0.05, 0) is 24.6 Å². The highest BCUT2D eigenvalue weighted by molar-refractivity contribution is 5.82. The first-order chi connectivity index (χ1) is 9.85.